The predicted molar refractivity (Wildman–Crippen MR) is 124 cm³/mol. The molecule has 0 aliphatic rings. The van der Waals surface area contributed by atoms with Gasteiger partial charge in [-0.3, -0.25) is 14.4 Å². The van der Waals surface area contributed by atoms with Gasteiger partial charge in [0.15, 0.2) is 0 Å². The molecule has 0 aliphatic carbocycles. The number of aliphatic carboxylic acids is 1. The van der Waals surface area contributed by atoms with Gasteiger partial charge in [0.05, 0.1) is 5.92 Å². The monoisotopic (exact) mass is 425 g/mol. The summed E-state index contributed by atoms with van der Waals surface area (Å²) in [5, 5.41) is 12.1. The topological polar surface area (TPSA) is 83.5 Å². The van der Waals surface area contributed by atoms with E-state index in [-0.39, 0.29) is 31.0 Å². The standard InChI is InChI=1S/C25H47NO4/c1-3-5-6-7-8-9-10-11-12-13-14-15-16-17-23(27)21-22(25(29)30)18-19-24(28)26-20-4-2/h22H,3-21H2,1-2H3,(H,26,28)(H,29,30)/t22-/m1/s1. The molecule has 0 saturated heterocycles. The maximum Gasteiger partial charge on any atom is 0.306 e. The first kappa shape index (κ1) is 28.6. The lowest BCUT2D eigenvalue weighted by molar-refractivity contribution is -0.144. The van der Waals surface area contributed by atoms with E-state index in [1.165, 1.54) is 64.2 Å². The van der Waals surface area contributed by atoms with Crippen LogP contribution in [-0.4, -0.2) is 29.3 Å². The molecule has 0 spiro atoms. The summed E-state index contributed by atoms with van der Waals surface area (Å²) in [7, 11) is 0. The van der Waals surface area contributed by atoms with Gasteiger partial charge in [-0.2, -0.15) is 0 Å². The average Bonchev–Trinajstić information content (AvgIpc) is 2.72. The van der Waals surface area contributed by atoms with Crippen molar-refractivity contribution in [3.63, 3.8) is 0 Å². The van der Waals surface area contributed by atoms with Gasteiger partial charge in [0.25, 0.3) is 0 Å². The Bertz CT molecular complexity index is 450. The molecular weight excluding hydrogens is 378 g/mol. The highest BCUT2D eigenvalue weighted by Crippen LogP contribution is 2.16. The lowest BCUT2D eigenvalue weighted by atomic mass is 9.94. The highest BCUT2D eigenvalue weighted by molar-refractivity contribution is 5.84. The number of rotatable bonds is 22. The van der Waals surface area contributed by atoms with Crippen LogP contribution in [0.2, 0.25) is 0 Å². The SMILES string of the molecule is CCCCCCCCCCCCCCCC(=O)C[C@@H](CCC(=O)NCCC)C(=O)O. The van der Waals surface area contributed by atoms with Gasteiger partial charge in [0, 0.05) is 25.8 Å². The number of carboxylic acid groups (broad SMARTS) is 1. The lowest BCUT2D eigenvalue weighted by Crippen LogP contribution is -2.26. The van der Waals surface area contributed by atoms with Gasteiger partial charge in [-0.1, -0.05) is 90.9 Å². The van der Waals surface area contributed by atoms with Crippen molar-refractivity contribution in [2.24, 2.45) is 5.92 Å². The normalized spacial score (nSPS) is 11.9. The Balaban J connectivity index is 3.65. The van der Waals surface area contributed by atoms with Crippen molar-refractivity contribution in [2.45, 2.75) is 129 Å². The van der Waals surface area contributed by atoms with Crippen molar-refractivity contribution in [3.8, 4) is 0 Å². The van der Waals surface area contributed by atoms with Crippen LogP contribution in [0.15, 0.2) is 0 Å². The summed E-state index contributed by atoms with van der Waals surface area (Å²) in [6.45, 7) is 4.82. The Kier molecular flexibility index (Phi) is 19.9. The third-order valence-electron chi connectivity index (χ3n) is 5.67. The van der Waals surface area contributed by atoms with E-state index in [1.807, 2.05) is 6.92 Å². The van der Waals surface area contributed by atoms with Gasteiger partial charge < -0.3 is 10.4 Å². The third kappa shape index (κ3) is 18.6. The molecule has 0 saturated carbocycles. The molecule has 0 aromatic carbocycles. The molecule has 0 rings (SSSR count). The lowest BCUT2D eigenvalue weighted by Gasteiger charge is -2.11. The molecule has 1 atom stereocenters. The van der Waals surface area contributed by atoms with Crippen LogP contribution < -0.4 is 5.32 Å². The number of hydrogen-bond donors (Lipinski definition) is 2. The summed E-state index contributed by atoms with van der Waals surface area (Å²) in [5.41, 5.74) is 0. The molecule has 2 N–H and O–H groups in total. The van der Waals surface area contributed by atoms with Crippen LogP contribution in [0.1, 0.15) is 129 Å². The zero-order valence-electron chi connectivity index (χ0n) is 19.7. The number of nitrogens with one attached hydrogen (secondary N) is 1. The van der Waals surface area contributed by atoms with Crippen molar-refractivity contribution in [1.82, 2.24) is 5.32 Å². The number of unbranched alkanes of at least 4 members (excludes halogenated alkanes) is 12. The van der Waals surface area contributed by atoms with Crippen LogP contribution in [0.25, 0.3) is 0 Å². The predicted octanol–water partition coefficient (Wildman–Crippen LogP) is 6.43. The molecule has 5 heteroatoms. The molecule has 0 aromatic heterocycles. The maximum atomic E-state index is 12.1. The van der Waals surface area contributed by atoms with Crippen molar-refractivity contribution < 1.29 is 19.5 Å². The van der Waals surface area contributed by atoms with Crippen molar-refractivity contribution in [1.29, 1.82) is 0 Å². The second-order valence-corrected chi connectivity index (χ2v) is 8.66. The molecular formula is C25H47NO4. The van der Waals surface area contributed by atoms with Crippen LogP contribution >= 0.6 is 0 Å². The van der Waals surface area contributed by atoms with E-state index < -0.39 is 11.9 Å². The molecule has 0 heterocycles. The molecule has 0 bridgehead atoms. The second kappa shape index (κ2) is 20.9. The zero-order valence-corrected chi connectivity index (χ0v) is 19.7. The van der Waals surface area contributed by atoms with Crippen molar-refractivity contribution >= 4 is 17.7 Å². The quantitative estimate of drug-likeness (QED) is 0.196. The van der Waals surface area contributed by atoms with E-state index in [0.717, 1.165) is 25.7 Å². The van der Waals surface area contributed by atoms with E-state index >= 15 is 0 Å². The van der Waals surface area contributed by atoms with E-state index in [0.29, 0.717) is 13.0 Å². The summed E-state index contributed by atoms with van der Waals surface area (Å²) >= 11 is 0. The van der Waals surface area contributed by atoms with Gasteiger partial charge in [0.1, 0.15) is 5.78 Å². The number of hydrogen-bond acceptors (Lipinski definition) is 3. The van der Waals surface area contributed by atoms with Gasteiger partial charge >= 0.3 is 5.97 Å². The highest BCUT2D eigenvalue weighted by atomic mass is 16.4. The summed E-state index contributed by atoms with van der Waals surface area (Å²) in [6, 6.07) is 0. The third-order valence-corrected chi connectivity index (χ3v) is 5.67. The highest BCUT2D eigenvalue weighted by Gasteiger charge is 2.21. The number of amides is 1. The summed E-state index contributed by atoms with van der Waals surface area (Å²) < 4.78 is 0. The molecule has 0 aromatic rings. The minimum absolute atomic E-state index is 0.0134. The van der Waals surface area contributed by atoms with E-state index in [1.54, 1.807) is 0 Å². The Hall–Kier alpha value is -1.39. The Morgan fingerprint density at radius 1 is 0.700 bits per heavy atom. The van der Waals surface area contributed by atoms with Crippen LogP contribution in [0.4, 0.5) is 0 Å². The van der Waals surface area contributed by atoms with Crippen molar-refractivity contribution in [2.75, 3.05) is 6.54 Å². The van der Waals surface area contributed by atoms with Gasteiger partial charge in [-0.15, -0.1) is 0 Å². The Morgan fingerprint density at radius 3 is 1.67 bits per heavy atom. The molecule has 1 amide bonds. The van der Waals surface area contributed by atoms with Crippen LogP contribution in [0.5, 0.6) is 0 Å². The fraction of sp³-hybridized carbons (Fsp3) is 0.880. The van der Waals surface area contributed by atoms with E-state index in [4.69, 9.17) is 0 Å². The summed E-state index contributed by atoms with van der Waals surface area (Å²) in [6.07, 6.45) is 18.2. The number of carbonyl (C=O) groups excluding carboxylic acids is 2. The first-order chi connectivity index (χ1) is 14.5. The first-order valence-electron chi connectivity index (χ1n) is 12.5. The smallest absolute Gasteiger partial charge is 0.306 e. The Labute approximate surface area is 184 Å². The van der Waals surface area contributed by atoms with Gasteiger partial charge in [0.2, 0.25) is 5.91 Å². The number of carbonyl (C=O) groups is 3. The maximum absolute atomic E-state index is 12.1. The van der Waals surface area contributed by atoms with E-state index in [9.17, 15) is 19.5 Å². The molecule has 30 heavy (non-hydrogen) atoms. The van der Waals surface area contributed by atoms with Crippen molar-refractivity contribution in [3.05, 3.63) is 0 Å². The van der Waals surface area contributed by atoms with Crippen LogP contribution in [0.3, 0.4) is 0 Å². The fourth-order valence-electron chi connectivity index (χ4n) is 3.69. The Morgan fingerprint density at radius 2 is 1.20 bits per heavy atom. The molecule has 0 unspecified atom stereocenters. The number of ketones is 1. The molecule has 0 fully saturated rings. The van der Waals surface area contributed by atoms with Gasteiger partial charge in [-0.25, -0.2) is 0 Å². The first-order valence-corrected chi connectivity index (χ1v) is 12.5. The zero-order chi connectivity index (χ0) is 22.5. The second-order valence-electron chi connectivity index (χ2n) is 8.66. The number of carboxylic acids is 1. The summed E-state index contributed by atoms with van der Waals surface area (Å²) in [5.74, 6) is -1.84. The molecule has 176 valence electrons. The largest absolute Gasteiger partial charge is 0.481 e. The average molecular weight is 426 g/mol. The number of Topliss-reactive ketones (excluding diaryl/α,β-unsaturated/α-hetero) is 1. The summed E-state index contributed by atoms with van der Waals surface area (Å²) in [4.78, 5) is 35.1. The van der Waals surface area contributed by atoms with Crippen LogP contribution in [0, 0.1) is 5.92 Å². The van der Waals surface area contributed by atoms with Crippen LogP contribution in [-0.2, 0) is 14.4 Å². The van der Waals surface area contributed by atoms with E-state index in [2.05, 4.69) is 12.2 Å². The molecule has 0 aliphatic heterocycles. The fourth-order valence-corrected chi connectivity index (χ4v) is 3.69. The minimum atomic E-state index is -0.975. The minimum Gasteiger partial charge on any atom is -0.481 e. The molecule has 5 nitrogen and oxygen atoms in total. The molecule has 0 radical (unpaired) electrons. The van der Waals surface area contributed by atoms with Gasteiger partial charge in [-0.05, 0) is 19.3 Å².